The predicted molar refractivity (Wildman–Crippen MR) is 69.9 cm³/mol. The molecule has 0 aromatic heterocycles. The normalized spacial score (nSPS) is 22.9. The average Bonchev–Trinajstić information content (AvgIpc) is 2.87. The van der Waals surface area contributed by atoms with Crippen LogP contribution >= 0.6 is 0 Å². The zero-order valence-electron chi connectivity index (χ0n) is 10.7. The van der Waals surface area contributed by atoms with Gasteiger partial charge in [-0.2, -0.15) is 0 Å². The van der Waals surface area contributed by atoms with Crippen LogP contribution in [0.3, 0.4) is 0 Å². The molecule has 1 aromatic carbocycles. The highest BCUT2D eigenvalue weighted by molar-refractivity contribution is 5.94. The summed E-state index contributed by atoms with van der Waals surface area (Å²) in [7, 11) is 0. The lowest BCUT2D eigenvalue weighted by Crippen LogP contribution is -2.40. The lowest BCUT2D eigenvalue weighted by Gasteiger charge is -2.15. The molecular formula is C14H20N2O. The molecule has 2 rings (SSSR count). The van der Waals surface area contributed by atoms with Crippen molar-refractivity contribution >= 4 is 11.6 Å². The van der Waals surface area contributed by atoms with Crippen molar-refractivity contribution in [1.29, 1.82) is 0 Å². The Morgan fingerprint density at radius 2 is 1.94 bits per heavy atom. The fraction of sp³-hybridized carbons (Fsp3) is 0.500. The first kappa shape index (κ1) is 12.1. The highest BCUT2D eigenvalue weighted by Crippen LogP contribution is 2.44. The minimum Gasteiger partial charge on any atom is -0.325 e. The van der Waals surface area contributed by atoms with Gasteiger partial charge in [0, 0.05) is 11.7 Å². The predicted octanol–water partition coefficient (Wildman–Crippen LogP) is 2.40. The number of anilines is 1. The van der Waals surface area contributed by atoms with Crippen LogP contribution in [-0.4, -0.2) is 18.0 Å². The van der Waals surface area contributed by atoms with Gasteiger partial charge in [-0.1, -0.05) is 32.0 Å². The number of hydrogen-bond donors (Lipinski definition) is 2. The van der Waals surface area contributed by atoms with Gasteiger partial charge >= 0.3 is 0 Å². The molecular weight excluding hydrogens is 212 g/mol. The van der Waals surface area contributed by atoms with Gasteiger partial charge in [0.05, 0.1) is 6.04 Å². The van der Waals surface area contributed by atoms with Gasteiger partial charge in [-0.15, -0.1) is 0 Å². The molecule has 92 valence electrons. The number of nitrogens with one attached hydrogen (secondary N) is 2. The van der Waals surface area contributed by atoms with Crippen LogP contribution in [0.2, 0.25) is 0 Å². The number of carbonyl (C=O) groups is 1. The largest absolute Gasteiger partial charge is 0.325 e. The molecule has 1 saturated carbocycles. The van der Waals surface area contributed by atoms with Gasteiger partial charge in [0.25, 0.3) is 0 Å². The van der Waals surface area contributed by atoms with E-state index in [1.807, 2.05) is 37.3 Å². The molecule has 0 aliphatic heterocycles. The minimum atomic E-state index is -0.151. The maximum atomic E-state index is 11.9. The molecule has 2 atom stereocenters. The van der Waals surface area contributed by atoms with Crippen molar-refractivity contribution in [3.05, 3.63) is 30.3 Å². The molecule has 0 heterocycles. The van der Waals surface area contributed by atoms with E-state index in [1.54, 1.807) is 0 Å². The third-order valence-corrected chi connectivity index (χ3v) is 3.40. The third-order valence-electron chi connectivity index (χ3n) is 3.40. The van der Waals surface area contributed by atoms with Gasteiger partial charge in [0.1, 0.15) is 0 Å². The zero-order chi connectivity index (χ0) is 12.5. The molecule has 1 aliphatic carbocycles. The molecule has 2 unspecified atom stereocenters. The van der Waals surface area contributed by atoms with E-state index < -0.39 is 0 Å². The van der Waals surface area contributed by atoms with E-state index in [1.165, 1.54) is 0 Å². The van der Waals surface area contributed by atoms with Crippen molar-refractivity contribution < 1.29 is 4.79 Å². The van der Waals surface area contributed by atoms with Crippen molar-refractivity contribution in [2.45, 2.75) is 39.3 Å². The van der Waals surface area contributed by atoms with Crippen LogP contribution in [0.4, 0.5) is 5.69 Å². The van der Waals surface area contributed by atoms with Crippen molar-refractivity contribution in [2.75, 3.05) is 5.32 Å². The Hall–Kier alpha value is -1.35. The van der Waals surface area contributed by atoms with E-state index in [4.69, 9.17) is 0 Å². The molecule has 0 bridgehead atoms. The fourth-order valence-corrected chi connectivity index (χ4v) is 1.90. The highest BCUT2D eigenvalue weighted by Gasteiger charge is 2.46. The van der Waals surface area contributed by atoms with E-state index in [2.05, 4.69) is 24.5 Å². The van der Waals surface area contributed by atoms with Gasteiger partial charge < -0.3 is 10.6 Å². The van der Waals surface area contributed by atoms with Crippen LogP contribution in [0.15, 0.2) is 30.3 Å². The number of hydrogen-bond acceptors (Lipinski definition) is 2. The lowest BCUT2D eigenvalue weighted by molar-refractivity contribution is -0.117. The first-order valence-corrected chi connectivity index (χ1v) is 6.11. The molecule has 2 N–H and O–H groups in total. The Morgan fingerprint density at radius 3 is 2.47 bits per heavy atom. The topological polar surface area (TPSA) is 41.1 Å². The Balaban J connectivity index is 1.84. The standard InChI is InChI=1S/C14H20N2O/c1-10(15-12-9-14(12,2)3)13(17)16-11-7-5-4-6-8-11/h4-8,10,12,15H,9H2,1-3H3,(H,16,17). The fourth-order valence-electron chi connectivity index (χ4n) is 1.90. The Kier molecular flexibility index (Phi) is 3.20. The van der Waals surface area contributed by atoms with Crippen LogP contribution in [-0.2, 0) is 4.79 Å². The van der Waals surface area contributed by atoms with Crippen LogP contribution in [0.1, 0.15) is 27.2 Å². The Morgan fingerprint density at radius 1 is 1.35 bits per heavy atom. The van der Waals surface area contributed by atoms with E-state index in [0.29, 0.717) is 11.5 Å². The van der Waals surface area contributed by atoms with Gasteiger partial charge in [-0.05, 0) is 30.9 Å². The highest BCUT2D eigenvalue weighted by atomic mass is 16.2. The number of carbonyl (C=O) groups excluding carboxylic acids is 1. The van der Waals surface area contributed by atoms with E-state index in [0.717, 1.165) is 12.1 Å². The second-order valence-corrected chi connectivity index (χ2v) is 5.49. The first-order chi connectivity index (χ1) is 7.99. The van der Waals surface area contributed by atoms with Crippen LogP contribution in [0, 0.1) is 5.41 Å². The van der Waals surface area contributed by atoms with E-state index >= 15 is 0 Å². The summed E-state index contributed by atoms with van der Waals surface area (Å²) in [5, 5.41) is 6.25. The van der Waals surface area contributed by atoms with Crippen LogP contribution < -0.4 is 10.6 Å². The lowest BCUT2D eigenvalue weighted by atomic mass is 10.2. The summed E-state index contributed by atoms with van der Waals surface area (Å²) in [6.45, 7) is 6.34. The van der Waals surface area contributed by atoms with Crippen molar-refractivity contribution in [1.82, 2.24) is 5.32 Å². The van der Waals surface area contributed by atoms with E-state index in [9.17, 15) is 4.79 Å². The molecule has 1 fully saturated rings. The zero-order valence-corrected chi connectivity index (χ0v) is 10.7. The van der Waals surface area contributed by atoms with E-state index in [-0.39, 0.29) is 11.9 Å². The summed E-state index contributed by atoms with van der Waals surface area (Å²) in [5.41, 5.74) is 1.20. The van der Waals surface area contributed by atoms with Gasteiger partial charge in [0.15, 0.2) is 0 Å². The smallest absolute Gasteiger partial charge is 0.241 e. The summed E-state index contributed by atoms with van der Waals surface area (Å²) < 4.78 is 0. The third kappa shape index (κ3) is 3.07. The molecule has 3 nitrogen and oxygen atoms in total. The number of benzene rings is 1. The van der Waals surface area contributed by atoms with Crippen LogP contribution in [0.25, 0.3) is 0 Å². The first-order valence-electron chi connectivity index (χ1n) is 6.11. The monoisotopic (exact) mass is 232 g/mol. The SMILES string of the molecule is CC(NC1CC1(C)C)C(=O)Nc1ccccc1. The maximum Gasteiger partial charge on any atom is 0.241 e. The Bertz CT molecular complexity index is 400. The summed E-state index contributed by atoms with van der Waals surface area (Å²) in [4.78, 5) is 11.9. The number of amides is 1. The van der Waals surface area contributed by atoms with Gasteiger partial charge in [0.2, 0.25) is 5.91 Å². The second kappa shape index (κ2) is 4.49. The molecule has 17 heavy (non-hydrogen) atoms. The summed E-state index contributed by atoms with van der Waals surface area (Å²) in [5.74, 6) is 0.0268. The number of rotatable bonds is 4. The molecule has 0 spiro atoms. The summed E-state index contributed by atoms with van der Waals surface area (Å²) in [6.07, 6.45) is 1.15. The quantitative estimate of drug-likeness (QED) is 0.837. The number of para-hydroxylation sites is 1. The summed E-state index contributed by atoms with van der Waals surface area (Å²) >= 11 is 0. The molecule has 0 saturated heterocycles. The molecule has 1 amide bonds. The maximum absolute atomic E-state index is 11.9. The van der Waals surface area contributed by atoms with Crippen molar-refractivity contribution in [3.8, 4) is 0 Å². The van der Waals surface area contributed by atoms with Crippen molar-refractivity contribution in [2.24, 2.45) is 5.41 Å². The molecule has 1 aliphatic rings. The summed E-state index contributed by atoms with van der Waals surface area (Å²) in [6, 6.07) is 9.87. The molecule has 0 radical (unpaired) electrons. The molecule has 3 heteroatoms. The Labute approximate surface area is 103 Å². The molecule has 1 aromatic rings. The van der Waals surface area contributed by atoms with Crippen molar-refractivity contribution in [3.63, 3.8) is 0 Å². The van der Waals surface area contributed by atoms with Gasteiger partial charge in [-0.3, -0.25) is 4.79 Å². The second-order valence-electron chi connectivity index (χ2n) is 5.49. The van der Waals surface area contributed by atoms with Crippen LogP contribution in [0.5, 0.6) is 0 Å². The minimum absolute atomic E-state index is 0.0268. The van der Waals surface area contributed by atoms with Gasteiger partial charge in [-0.25, -0.2) is 0 Å². The average molecular weight is 232 g/mol.